The number of para-hydroxylation sites is 1. The molecule has 1 aromatic heterocycles. The number of hydrogen-bond donors (Lipinski definition) is 1. The van der Waals surface area contributed by atoms with Crippen molar-refractivity contribution in [3.63, 3.8) is 0 Å². The third kappa shape index (κ3) is 2.79. The molecule has 1 saturated heterocycles. The van der Waals surface area contributed by atoms with Gasteiger partial charge in [0.25, 0.3) is 5.91 Å². The van der Waals surface area contributed by atoms with Crippen LogP contribution in [0.5, 0.6) is 0 Å². The van der Waals surface area contributed by atoms with Crippen LogP contribution in [0.15, 0.2) is 46.5 Å². The Hall–Kier alpha value is -3.00. The molecule has 6 nitrogen and oxygen atoms in total. The molecule has 3 rings (SSSR count). The molecule has 1 fully saturated rings. The number of carbonyl (C=O) groups excluding carboxylic acids is 2. The highest BCUT2D eigenvalue weighted by Crippen LogP contribution is 2.25. The minimum Gasteiger partial charge on any atom is -0.463 e. The van der Waals surface area contributed by atoms with Gasteiger partial charge in [-0.2, -0.15) is 0 Å². The Balaban J connectivity index is 1.90. The van der Waals surface area contributed by atoms with Crippen molar-refractivity contribution in [3.05, 3.63) is 59.4 Å². The van der Waals surface area contributed by atoms with Gasteiger partial charge in [-0.3, -0.25) is 4.79 Å². The third-order valence-corrected chi connectivity index (χ3v) is 3.56. The lowest BCUT2D eigenvalue weighted by Gasteiger charge is -2.14. The molecule has 0 spiro atoms. The lowest BCUT2D eigenvalue weighted by atomic mass is 10.2. The maximum absolute atomic E-state index is 13.9. The van der Waals surface area contributed by atoms with Gasteiger partial charge in [-0.15, -0.1) is 0 Å². The van der Waals surface area contributed by atoms with Crippen molar-refractivity contribution in [2.45, 2.75) is 0 Å². The first kappa shape index (κ1) is 15.9. The molecular formula is C16H11FN2O4S. The SMILES string of the molecule is COC(=O)c1ccc(/C=C2/NC(=S)N(c3ccccc3F)C2=O)o1. The fraction of sp³-hybridized carbons (Fsp3) is 0.0625. The zero-order chi connectivity index (χ0) is 17.3. The Morgan fingerprint density at radius 3 is 2.79 bits per heavy atom. The van der Waals surface area contributed by atoms with Crippen LogP contribution in [-0.2, 0) is 9.53 Å². The molecule has 8 heteroatoms. The molecule has 0 saturated carbocycles. The number of benzene rings is 1. The van der Waals surface area contributed by atoms with E-state index in [1.807, 2.05) is 0 Å². The molecule has 1 N–H and O–H groups in total. The van der Waals surface area contributed by atoms with Gasteiger partial charge >= 0.3 is 5.97 Å². The molecule has 1 aliphatic rings. The van der Waals surface area contributed by atoms with Crippen LogP contribution in [0, 0.1) is 5.82 Å². The van der Waals surface area contributed by atoms with E-state index in [1.165, 1.54) is 43.5 Å². The van der Waals surface area contributed by atoms with Gasteiger partial charge in [0.05, 0.1) is 12.8 Å². The molecule has 0 unspecified atom stereocenters. The number of hydrogen-bond acceptors (Lipinski definition) is 5. The summed E-state index contributed by atoms with van der Waals surface area (Å²) in [4.78, 5) is 24.9. The van der Waals surface area contributed by atoms with Crippen LogP contribution < -0.4 is 10.2 Å². The summed E-state index contributed by atoms with van der Waals surface area (Å²) in [5, 5.41) is 2.76. The van der Waals surface area contributed by atoms with E-state index in [9.17, 15) is 14.0 Å². The molecule has 2 aromatic rings. The first-order valence-electron chi connectivity index (χ1n) is 6.81. The molecule has 0 aliphatic carbocycles. The quantitative estimate of drug-likeness (QED) is 0.523. The largest absolute Gasteiger partial charge is 0.463 e. The van der Waals surface area contributed by atoms with Crippen molar-refractivity contribution in [1.82, 2.24) is 5.32 Å². The van der Waals surface area contributed by atoms with Gasteiger partial charge in [-0.1, -0.05) is 12.1 Å². The molecule has 1 aliphatic heterocycles. The summed E-state index contributed by atoms with van der Waals surface area (Å²) < 4.78 is 23.7. The van der Waals surface area contributed by atoms with Crippen molar-refractivity contribution in [1.29, 1.82) is 0 Å². The van der Waals surface area contributed by atoms with Crippen LogP contribution in [0.2, 0.25) is 0 Å². The number of ether oxygens (including phenoxy) is 1. The smallest absolute Gasteiger partial charge is 0.373 e. The summed E-state index contributed by atoms with van der Waals surface area (Å²) >= 11 is 5.10. The lowest BCUT2D eigenvalue weighted by Crippen LogP contribution is -2.31. The van der Waals surface area contributed by atoms with Crippen molar-refractivity contribution in [3.8, 4) is 0 Å². The molecule has 0 atom stereocenters. The number of rotatable bonds is 3. The first-order valence-corrected chi connectivity index (χ1v) is 7.22. The zero-order valence-electron chi connectivity index (χ0n) is 12.4. The fourth-order valence-electron chi connectivity index (χ4n) is 2.17. The number of nitrogens with one attached hydrogen (secondary N) is 1. The van der Waals surface area contributed by atoms with Gasteiger partial charge in [0.2, 0.25) is 5.76 Å². The van der Waals surface area contributed by atoms with E-state index in [0.29, 0.717) is 0 Å². The van der Waals surface area contributed by atoms with Gasteiger partial charge in [0.15, 0.2) is 5.11 Å². The number of methoxy groups -OCH3 is 1. The van der Waals surface area contributed by atoms with Gasteiger partial charge in [-0.05, 0) is 36.5 Å². The van der Waals surface area contributed by atoms with Crippen LogP contribution >= 0.6 is 12.2 Å². The van der Waals surface area contributed by atoms with E-state index in [2.05, 4.69) is 10.1 Å². The minimum atomic E-state index is -0.631. The third-order valence-electron chi connectivity index (χ3n) is 3.27. The summed E-state index contributed by atoms with van der Waals surface area (Å²) in [5.74, 6) is -1.47. The average molecular weight is 346 g/mol. The van der Waals surface area contributed by atoms with Crippen molar-refractivity contribution in [2.24, 2.45) is 0 Å². The van der Waals surface area contributed by atoms with Crippen molar-refractivity contribution in [2.75, 3.05) is 12.0 Å². The number of amides is 1. The summed E-state index contributed by atoms with van der Waals surface area (Å²) in [6.45, 7) is 0. The minimum absolute atomic E-state index is 0.00309. The fourth-order valence-corrected chi connectivity index (χ4v) is 2.46. The maximum atomic E-state index is 13.9. The molecule has 1 aromatic carbocycles. The van der Waals surface area contributed by atoms with E-state index in [1.54, 1.807) is 6.07 Å². The zero-order valence-corrected chi connectivity index (χ0v) is 13.2. The summed E-state index contributed by atoms with van der Waals surface area (Å²) in [6.07, 6.45) is 1.38. The highest BCUT2D eigenvalue weighted by atomic mass is 32.1. The van der Waals surface area contributed by atoms with E-state index in [4.69, 9.17) is 16.6 Å². The second kappa shape index (κ2) is 6.25. The Kier molecular flexibility index (Phi) is 4.13. The molecule has 1 amide bonds. The van der Waals surface area contributed by atoms with E-state index < -0.39 is 17.7 Å². The summed E-state index contributed by atoms with van der Waals surface area (Å²) in [5.41, 5.74) is 0.159. The molecule has 0 radical (unpaired) electrons. The number of halogens is 1. The monoisotopic (exact) mass is 346 g/mol. The predicted octanol–water partition coefficient (Wildman–Crippen LogP) is 2.47. The molecule has 0 bridgehead atoms. The van der Waals surface area contributed by atoms with E-state index in [0.717, 1.165) is 4.90 Å². The number of carbonyl (C=O) groups is 2. The van der Waals surface area contributed by atoms with Crippen LogP contribution in [-0.4, -0.2) is 24.1 Å². The topological polar surface area (TPSA) is 71.8 Å². The van der Waals surface area contributed by atoms with E-state index >= 15 is 0 Å². The summed E-state index contributed by atoms with van der Waals surface area (Å²) in [6, 6.07) is 8.73. The lowest BCUT2D eigenvalue weighted by molar-refractivity contribution is -0.113. The maximum Gasteiger partial charge on any atom is 0.373 e. The van der Waals surface area contributed by atoms with Crippen molar-refractivity contribution >= 4 is 41.0 Å². The number of thiocarbonyl (C=S) groups is 1. The average Bonchev–Trinajstić information content (AvgIpc) is 3.13. The summed E-state index contributed by atoms with van der Waals surface area (Å²) in [7, 11) is 1.23. The number of esters is 1. The second-order valence-electron chi connectivity index (χ2n) is 4.77. The van der Waals surface area contributed by atoms with Crippen LogP contribution in [0.4, 0.5) is 10.1 Å². The molecular weight excluding hydrogens is 335 g/mol. The predicted molar refractivity (Wildman–Crippen MR) is 87.6 cm³/mol. The number of nitrogens with zero attached hydrogens (tertiary/aromatic N) is 1. The standard InChI is InChI=1S/C16H11FN2O4S/c1-22-15(21)13-7-6-9(23-13)8-11-14(20)19(16(24)18-11)12-5-3-2-4-10(12)17/h2-8H,1H3,(H,18,24)/b11-8+. The Bertz CT molecular complexity index is 874. The second-order valence-corrected chi connectivity index (χ2v) is 5.16. The molecule has 2 heterocycles. The highest BCUT2D eigenvalue weighted by molar-refractivity contribution is 7.80. The van der Waals surface area contributed by atoms with Gasteiger partial charge in [0.1, 0.15) is 17.3 Å². The number of furan rings is 1. The van der Waals surface area contributed by atoms with Gasteiger partial charge < -0.3 is 14.5 Å². The van der Waals surface area contributed by atoms with Crippen LogP contribution in [0.3, 0.4) is 0 Å². The molecule has 24 heavy (non-hydrogen) atoms. The Morgan fingerprint density at radius 1 is 1.33 bits per heavy atom. The van der Waals surface area contributed by atoms with Gasteiger partial charge in [-0.25, -0.2) is 14.1 Å². The van der Waals surface area contributed by atoms with Crippen molar-refractivity contribution < 1.29 is 23.1 Å². The highest BCUT2D eigenvalue weighted by Gasteiger charge is 2.33. The molecule has 122 valence electrons. The number of anilines is 1. The Morgan fingerprint density at radius 2 is 2.08 bits per heavy atom. The van der Waals surface area contributed by atoms with Gasteiger partial charge in [0, 0.05) is 6.08 Å². The first-order chi connectivity index (χ1) is 11.5. The normalized spacial score (nSPS) is 15.8. The van der Waals surface area contributed by atoms with E-state index in [-0.39, 0.29) is 28.0 Å². The Labute approximate surface area is 141 Å². The van der Waals surface area contributed by atoms with Crippen LogP contribution in [0.1, 0.15) is 16.3 Å². The van der Waals surface area contributed by atoms with Crippen LogP contribution in [0.25, 0.3) is 6.08 Å².